The Bertz CT molecular complexity index is 736. The van der Waals surface area contributed by atoms with E-state index in [2.05, 4.69) is 20.2 Å². The van der Waals surface area contributed by atoms with E-state index in [-0.39, 0.29) is 11.9 Å². The predicted octanol–water partition coefficient (Wildman–Crippen LogP) is 2.85. The Morgan fingerprint density at radius 3 is 2.26 bits per heavy atom. The van der Waals surface area contributed by atoms with Gasteiger partial charge in [0.2, 0.25) is 5.95 Å². The number of carbonyl (C=O) groups is 1. The molecule has 0 saturated carbocycles. The zero-order chi connectivity index (χ0) is 19.2. The fourth-order valence-electron chi connectivity index (χ4n) is 3.07. The van der Waals surface area contributed by atoms with Crippen molar-refractivity contribution in [2.45, 2.75) is 45.8 Å². The standard InChI is InChI=1S/C21H29N5O/c1-16(2)25(3)20(27)19-8-6-17(7-9-19)12-22-13-18-14-23-21(24-15-18)26-10-4-5-11-26/h6-9,14-16,22H,4-5,10-13H2,1-3H3. The van der Waals surface area contributed by atoms with Gasteiger partial charge in [0.05, 0.1) is 0 Å². The summed E-state index contributed by atoms with van der Waals surface area (Å²) in [7, 11) is 1.83. The molecule has 0 bridgehead atoms. The van der Waals surface area contributed by atoms with Crippen LogP contribution in [0, 0.1) is 0 Å². The number of carbonyl (C=O) groups excluding carboxylic acids is 1. The molecule has 2 aromatic rings. The largest absolute Gasteiger partial charge is 0.341 e. The summed E-state index contributed by atoms with van der Waals surface area (Å²) in [5.41, 5.74) is 2.94. The van der Waals surface area contributed by atoms with Crippen molar-refractivity contribution >= 4 is 11.9 Å². The summed E-state index contributed by atoms with van der Waals surface area (Å²) in [5.74, 6) is 0.891. The first kappa shape index (κ1) is 19.3. The third-order valence-corrected chi connectivity index (χ3v) is 5.03. The Kier molecular flexibility index (Phi) is 6.40. The summed E-state index contributed by atoms with van der Waals surface area (Å²) in [6.45, 7) is 7.60. The number of aromatic nitrogens is 2. The summed E-state index contributed by atoms with van der Waals surface area (Å²) >= 11 is 0. The number of rotatable bonds is 7. The normalized spacial score (nSPS) is 14.0. The monoisotopic (exact) mass is 367 g/mol. The molecular formula is C21H29N5O. The quantitative estimate of drug-likeness (QED) is 0.815. The number of nitrogens with one attached hydrogen (secondary N) is 1. The number of hydrogen-bond donors (Lipinski definition) is 1. The van der Waals surface area contributed by atoms with Crippen LogP contribution in [-0.2, 0) is 13.1 Å². The smallest absolute Gasteiger partial charge is 0.253 e. The first-order valence-electron chi connectivity index (χ1n) is 9.67. The van der Waals surface area contributed by atoms with Crippen LogP contribution in [0.2, 0.25) is 0 Å². The minimum Gasteiger partial charge on any atom is -0.341 e. The van der Waals surface area contributed by atoms with Crippen LogP contribution < -0.4 is 10.2 Å². The molecule has 27 heavy (non-hydrogen) atoms. The van der Waals surface area contributed by atoms with E-state index < -0.39 is 0 Å². The highest BCUT2D eigenvalue weighted by Gasteiger charge is 2.15. The van der Waals surface area contributed by atoms with Crippen molar-refractivity contribution in [3.05, 3.63) is 53.3 Å². The molecule has 1 aromatic carbocycles. The van der Waals surface area contributed by atoms with Crippen LogP contribution in [-0.4, -0.2) is 47.0 Å². The first-order chi connectivity index (χ1) is 13.0. The molecule has 1 aliphatic rings. The summed E-state index contributed by atoms with van der Waals surface area (Å²) in [6.07, 6.45) is 6.25. The van der Waals surface area contributed by atoms with E-state index in [1.807, 2.05) is 57.6 Å². The van der Waals surface area contributed by atoms with E-state index in [9.17, 15) is 4.79 Å². The van der Waals surface area contributed by atoms with Gasteiger partial charge in [-0.15, -0.1) is 0 Å². The van der Waals surface area contributed by atoms with E-state index >= 15 is 0 Å². The lowest BCUT2D eigenvalue weighted by Crippen LogP contribution is -2.32. The van der Waals surface area contributed by atoms with E-state index in [1.165, 1.54) is 12.8 Å². The number of benzene rings is 1. The van der Waals surface area contributed by atoms with Crippen LogP contribution >= 0.6 is 0 Å². The van der Waals surface area contributed by atoms with Crippen molar-refractivity contribution in [3.8, 4) is 0 Å². The number of hydrogen-bond acceptors (Lipinski definition) is 5. The molecule has 0 radical (unpaired) electrons. The Labute approximate surface area is 161 Å². The first-order valence-corrected chi connectivity index (χ1v) is 9.67. The van der Waals surface area contributed by atoms with Gasteiger partial charge >= 0.3 is 0 Å². The predicted molar refractivity (Wildman–Crippen MR) is 108 cm³/mol. The molecule has 2 heterocycles. The van der Waals surface area contributed by atoms with Crippen LogP contribution in [0.5, 0.6) is 0 Å². The van der Waals surface area contributed by atoms with Crippen LogP contribution in [0.15, 0.2) is 36.7 Å². The SMILES string of the molecule is CC(C)N(C)C(=O)c1ccc(CNCc2cnc(N3CCCC3)nc2)cc1. The van der Waals surface area contributed by atoms with E-state index in [0.29, 0.717) is 0 Å². The number of anilines is 1. The topological polar surface area (TPSA) is 61.4 Å². The van der Waals surface area contributed by atoms with Gasteiger partial charge in [-0.1, -0.05) is 12.1 Å². The Morgan fingerprint density at radius 2 is 1.67 bits per heavy atom. The molecule has 1 N–H and O–H groups in total. The van der Waals surface area contributed by atoms with Crippen molar-refractivity contribution in [1.82, 2.24) is 20.2 Å². The molecule has 1 saturated heterocycles. The fraction of sp³-hybridized carbons (Fsp3) is 0.476. The zero-order valence-corrected chi connectivity index (χ0v) is 16.5. The van der Waals surface area contributed by atoms with Crippen molar-refractivity contribution < 1.29 is 4.79 Å². The second kappa shape index (κ2) is 8.95. The minimum absolute atomic E-state index is 0.0553. The lowest BCUT2D eigenvalue weighted by Gasteiger charge is -2.21. The third kappa shape index (κ3) is 5.04. The van der Waals surface area contributed by atoms with Gasteiger partial charge in [-0.3, -0.25) is 4.79 Å². The van der Waals surface area contributed by atoms with Gasteiger partial charge in [-0.05, 0) is 44.4 Å². The zero-order valence-electron chi connectivity index (χ0n) is 16.5. The van der Waals surface area contributed by atoms with E-state index in [0.717, 1.165) is 48.8 Å². The van der Waals surface area contributed by atoms with E-state index in [1.54, 1.807) is 4.90 Å². The Morgan fingerprint density at radius 1 is 1.07 bits per heavy atom. The van der Waals surface area contributed by atoms with Gasteiger partial charge in [-0.2, -0.15) is 0 Å². The molecule has 0 atom stereocenters. The second-order valence-electron chi connectivity index (χ2n) is 7.40. The molecule has 3 rings (SSSR count). The molecule has 1 aromatic heterocycles. The maximum atomic E-state index is 12.3. The summed E-state index contributed by atoms with van der Waals surface area (Å²) in [6, 6.07) is 7.99. The van der Waals surface area contributed by atoms with Crippen LogP contribution in [0.25, 0.3) is 0 Å². The molecular weight excluding hydrogens is 338 g/mol. The van der Waals surface area contributed by atoms with Crippen LogP contribution in [0.4, 0.5) is 5.95 Å². The van der Waals surface area contributed by atoms with Gasteiger partial charge in [0.1, 0.15) is 0 Å². The molecule has 6 heteroatoms. The fourth-order valence-corrected chi connectivity index (χ4v) is 3.07. The van der Waals surface area contributed by atoms with Gasteiger partial charge in [0, 0.05) is 62.8 Å². The lowest BCUT2D eigenvalue weighted by atomic mass is 10.1. The van der Waals surface area contributed by atoms with Crippen LogP contribution in [0.3, 0.4) is 0 Å². The summed E-state index contributed by atoms with van der Waals surface area (Å²) in [5, 5.41) is 3.41. The molecule has 144 valence electrons. The molecule has 1 amide bonds. The van der Waals surface area contributed by atoms with E-state index in [4.69, 9.17) is 0 Å². The van der Waals surface area contributed by atoms with Gasteiger partial charge in [-0.25, -0.2) is 9.97 Å². The van der Waals surface area contributed by atoms with Crippen molar-refractivity contribution in [1.29, 1.82) is 0 Å². The Balaban J connectivity index is 1.48. The summed E-state index contributed by atoms with van der Waals surface area (Å²) in [4.78, 5) is 25.3. The van der Waals surface area contributed by atoms with Crippen molar-refractivity contribution in [2.24, 2.45) is 0 Å². The average molecular weight is 367 g/mol. The third-order valence-electron chi connectivity index (χ3n) is 5.03. The lowest BCUT2D eigenvalue weighted by molar-refractivity contribution is 0.0755. The minimum atomic E-state index is 0.0553. The Hall–Kier alpha value is -2.47. The molecule has 6 nitrogen and oxygen atoms in total. The van der Waals surface area contributed by atoms with Gasteiger partial charge in [0.25, 0.3) is 5.91 Å². The van der Waals surface area contributed by atoms with Gasteiger partial charge in [0.15, 0.2) is 0 Å². The molecule has 0 unspecified atom stereocenters. The highest BCUT2D eigenvalue weighted by atomic mass is 16.2. The van der Waals surface area contributed by atoms with Gasteiger partial charge < -0.3 is 15.1 Å². The summed E-state index contributed by atoms with van der Waals surface area (Å²) < 4.78 is 0. The second-order valence-corrected chi connectivity index (χ2v) is 7.40. The molecule has 0 spiro atoms. The van der Waals surface area contributed by atoms with Crippen molar-refractivity contribution in [2.75, 3.05) is 25.0 Å². The molecule has 0 aliphatic carbocycles. The highest BCUT2D eigenvalue weighted by Crippen LogP contribution is 2.15. The van der Waals surface area contributed by atoms with Crippen molar-refractivity contribution in [3.63, 3.8) is 0 Å². The highest BCUT2D eigenvalue weighted by molar-refractivity contribution is 5.94. The average Bonchev–Trinajstić information content (AvgIpc) is 3.22. The molecule has 1 fully saturated rings. The maximum Gasteiger partial charge on any atom is 0.253 e. The maximum absolute atomic E-state index is 12.3. The molecule has 1 aliphatic heterocycles. The number of nitrogens with zero attached hydrogens (tertiary/aromatic N) is 4. The van der Waals surface area contributed by atoms with Crippen LogP contribution in [0.1, 0.15) is 48.2 Å². The number of amides is 1.